The SMILES string of the molecule is CCc1ccc(Cc2cccc3c2O[C](Cl)C3)cc1. The van der Waals surface area contributed by atoms with Crippen molar-refractivity contribution in [2.24, 2.45) is 0 Å². The smallest absolute Gasteiger partial charge is 0.240 e. The molecule has 0 bridgehead atoms. The minimum Gasteiger partial charge on any atom is -0.465 e. The molecule has 2 aromatic carbocycles. The van der Waals surface area contributed by atoms with Gasteiger partial charge in [-0.1, -0.05) is 61.0 Å². The monoisotopic (exact) mass is 271 g/mol. The number of hydrogen-bond acceptors (Lipinski definition) is 1. The Balaban J connectivity index is 1.85. The van der Waals surface area contributed by atoms with Crippen molar-refractivity contribution in [1.82, 2.24) is 0 Å². The molecule has 19 heavy (non-hydrogen) atoms. The third kappa shape index (κ3) is 2.62. The molecule has 0 saturated heterocycles. The first kappa shape index (κ1) is 12.6. The molecule has 1 aliphatic heterocycles. The molecule has 1 nitrogen and oxygen atoms in total. The predicted octanol–water partition coefficient (Wildman–Crippen LogP) is 4.50. The van der Waals surface area contributed by atoms with Gasteiger partial charge in [0.1, 0.15) is 5.75 Å². The second-order valence-corrected chi connectivity index (χ2v) is 5.31. The number of hydrogen-bond donors (Lipinski definition) is 0. The van der Waals surface area contributed by atoms with Gasteiger partial charge in [0, 0.05) is 18.4 Å². The number of benzene rings is 2. The second-order valence-electron chi connectivity index (χ2n) is 4.89. The Bertz CT molecular complexity index is 574. The fourth-order valence-electron chi connectivity index (χ4n) is 2.46. The van der Waals surface area contributed by atoms with E-state index in [1.807, 2.05) is 0 Å². The summed E-state index contributed by atoms with van der Waals surface area (Å²) < 4.78 is 5.64. The largest absolute Gasteiger partial charge is 0.465 e. The van der Waals surface area contributed by atoms with E-state index in [2.05, 4.69) is 49.4 Å². The van der Waals surface area contributed by atoms with Gasteiger partial charge in [0.15, 0.2) is 0 Å². The normalized spacial score (nSPS) is 14.2. The summed E-state index contributed by atoms with van der Waals surface area (Å²) in [6.07, 6.45) is 2.69. The first-order valence-corrected chi connectivity index (χ1v) is 7.02. The van der Waals surface area contributed by atoms with E-state index in [0.717, 1.165) is 25.0 Å². The molecule has 0 atom stereocenters. The molecule has 1 heterocycles. The highest BCUT2D eigenvalue weighted by atomic mass is 35.5. The molecule has 0 unspecified atom stereocenters. The van der Waals surface area contributed by atoms with E-state index in [1.54, 1.807) is 0 Å². The van der Waals surface area contributed by atoms with E-state index in [9.17, 15) is 0 Å². The Morgan fingerprint density at radius 1 is 1.05 bits per heavy atom. The molecular formula is C17H16ClO. The van der Waals surface area contributed by atoms with Gasteiger partial charge < -0.3 is 4.74 Å². The summed E-state index contributed by atoms with van der Waals surface area (Å²) in [7, 11) is 0. The van der Waals surface area contributed by atoms with Gasteiger partial charge in [-0.25, -0.2) is 0 Å². The van der Waals surface area contributed by atoms with Crippen molar-refractivity contribution in [3.63, 3.8) is 0 Å². The summed E-state index contributed by atoms with van der Waals surface area (Å²) >= 11 is 5.99. The fraction of sp³-hybridized carbons (Fsp3) is 0.235. The maximum absolute atomic E-state index is 5.99. The lowest BCUT2D eigenvalue weighted by atomic mass is 10.00. The molecule has 3 rings (SSSR count). The minimum absolute atomic E-state index is 0.573. The van der Waals surface area contributed by atoms with Gasteiger partial charge in [-0.2, -0.15) is 0 Å². The van der Waals surface area contributed by atoms with Gasteiger partial charge in [-0.15, -0.1) is 0 Å². The Morgan fingerprint density at radius 2 is 1.79 bits per heavy atom. The third-order valence-electron chi connectivity index (χ3n) is 3.55. The number of aryl methyl sites for hydroxylation is 1. The van der Waals surface area contributed by atoms with Crippen molar-refractivity contribution >= 4 is 11.6 Å². The van der Waals surface area contributed by atoms with Crippen LogP contribution in [0.5, 0.6) is 5.75 Å². The number of rotatable bonds is 3. The lowest BCUT2D eigenvalue weighted by Crippen LogP contribution is -1.95. The summed E-state index contributed by atoms with van der Waals surface area (Å²) in [6, 6.07) is 15.0. The van der Waals surface area contributed by atoms with Crippen molar-refractivity contribution in [1.29, 1.82) is 0 Å². The van der Waals surface area contributed by atoms with E-state index in [0.29, 0.717) is 5.56 Å². The highest BCUT2D eigenvalue weighted by Crippen LogP contribution is 2.38. The molecule has 0 fully saturated rings. The molecule has 1 radical (unpaired) electrons. The van der Waals surface area contributed by atoms with Crippen LogP contribution >= 0.6 is 11.6 Å². The standard InChI is InChI=1S/C17H16ClO/c1-2-12-6-8-13(9-7-12)10-14-4-3-5-15-11-16(18)19-17(14)15/h3-9H,2,10-11H2,1H3. The maximum atomic E-state index is 5.99. The molecule has 2 heteroatoms. The molecular weight excluding hydrogens is 256 g/mol. The van der Waals surface area contributed by atoms with Crippen LogP contribution in [0.3, 0.4) is 0 Å². The lowest BCUT2D eigenvalue weighted by Gasteiger charge is -2.09. The zero-order valence-corrected chi connectivity index (χ0v) is 11.7. The van der Waals surface area contributed by atoms with Crippen molar-refractivity contribution < 1.29 is 4.74 Å². The van der Waals surface area contributed by atoms with Crippen LogP contribution in [0.25, 0.3) is 0 Å². The summed E-state index contributed by atoms with van der Waals surface area (Å²) in [5.41, 5.74) is 5.64. The van der Waals surface area contributed by atoms with Gasteiger partial charge >= 0.3 is 0 Å². The summed E-state index contributed by atoms with van der Waals surface area (Å²) in [5, 5.41) is 0. The molecule has 0 spiro atoms. The fourth-order valence-corrected chi connectivity index (χ4v) is 2.68. The van der Waals surface area contributed by atoms with E-state index >= 15 is 0 Å². The summed E-state index contributed by atoms with van der Waals surface area (Å²) in [6.45, 7) is 2.17. The van der Waals surface area contributed by atoms with E-state index < -0.39 is 0 Å². The zero-order chi connectivity index (χ0) is 13.2. The minimum atomic E-state index is 0.573. The highest BCUT2D eigenvalue weighted by molar-refractivity contribution is 6.26. The average molecular weight is 272 g/mol. The predicted molar refractivity (Wildman–Crippen MR) is 78.5 cm³/mol. The summed E-state index contributed by atoms with van der Waals surface area (Å²) in [4.78, 5) is 0. The van der Waals surface area contributed by atoms with Gasteiger partial charge in [0.2, 0.25) is 5.56 Å². The molecule has 0 aromatic heterocycles. The molecule has 0 amide bonds. The van der Waals surface area contributed by atoms with Crippen molar-refractivity contribution in [3.8, 4) is 5.75 Å². The van der Waals surface area contributed by atoms with Gasteiger partial charge in [0.25, 0.3) is 0 Å². The molecule has 0 saturated carbocycles. The number of para-hydroxylation sites is 1. The van der Waals surface area contributed by atoms with Crippen molar-refractivity contribution in [3.05, 3.63) is 70.3 Å². The first-order valence-electron chi connectivity index (χ1n) is 6.64. The third-order valence-corrected chi connectivity index (χ3v) is 3.76. The molecule has 0 aliphatic carbocycles. The van der Waals surface area contributed by atoms with Crippen LogP contribution in [0.1, 0.15) is 29.2 Å². The summed E-state index contributed by atoms with van der Waals surface area (Å²) in [5.74, 6) is 0.951. The zero-order valence-electron chi connectivity index (χ0n) is 10.9. The Hall–Kier alpha value is -1.47. The Kier molecular flexibility index (Phi) is 3.48. The second kappa shape index (κ2) is 5.26. The average Bonchev–Trinajstić information content (AvgIpc) is 2.81. The molecule has 0 N–H and O–H groups in total. The van der Waals surface area contributed by atoms with Crippen LogP contribution in [0.15, 0.2) is 42.5 Å². The van der Waals surface area contributed by atoms with E-state index in [4.69, 9.17) is 16.3 Å². The topological polar surface area (TPSA) is 9.23 Å². The maximum Gasteiger partial charge on any atom is 0.240 e. The van der Waals surface area contributed by atoms with Crippen LogP contribution in [-0.4, -0.2) is 0 Å². The van der Waals surface area contributed by atoms with Crippen LogP contribution < -0.4 is 4.74 Å². The van der Waals surface area contributed by atoms with E-state index in [-0.39, 0.29) is 0 Å². The number of fused-ring (bicyclic) bond motifs is 1. The van der Waals surface area contributed by atoms with Crippen LogP contribution in [0.4, 0.5) is 0 Å². The first-order chi connectivity index (χ1) is 9.26. The Labute approximate surface area is 119 Å². The number of halogens is 1. The van der Waals surface area contributed by atoms with Gasteiger partial charge in [0.05, 0.1) is 0 Å². The van der Waals surface area contributed by atoms with Gasteiger partial charge in [-0.3, -0.25) is 0 Å². The number of ether oxygens (including phenoxy) is 1. The van der Waals surface area contributed by atoms with E-state index in [1.165, 1.54) is 22.3 Å². The van der Waals surface area contributed by atoms with Crippen LogP contribution in [-0.2, 0) is 19.3 Å². The van der Waals surface area contributed by atoms with Crippen molar-refractivity contribution in [2.75, 3.05) is 0 Å². The Morgan fingerprint density at radius 3 is 2.53 bits per heavy atom. The lowest BCUT2D eigenvalue weighted by molar-refractivity contribution is 0.405. The van der Waals surface area contributed by atoms with Crippen LogP contribution in [0, 0.1) is 5.56 Å². The quantitative estimate of drug-likeness (QED) is 0.798. The van der Waals surface area contributed by atoms with Gasteiger partial charge in [-0.05, 0) is 23.1 Å². The highest BCUT2D eigenvalue weighted by Gasteiger charge is 2.24. The molecule has 1 aliphatic rings. The van der Waals surface area contributed by atoms with Crippen LogP contribution in [0.2, 0.25) is 0 Å². The van der Waals surface area contributed by atoms with Crippen molar-refractivity contribution in [2.45, 2.75) is 26.2 Å². The molecule has 2 aromatic rings. The molecule has 97 valence electrons.